The standard InChI is InChI=1S/C29H39N3O6/c1-38-22-14-15-23-24(18-30-25(23)17-22)28(36)29(37)31(16-8-13-27(34)35)19-26(33)32(20-9-4-2-5-10-20)21-11-6-3-7-12-21/h14-15,17-18,20-21,30H,2-13,16,19H2,1H3,(H,34,35). The summed E-state index contributed by atoms with van der Waals surface area (Å²) < 4.78 is 5.24. The summed E-state index contributed by atoms with van der Waals surface area (Å²) in [5.41, 5.74) is 0.884. The number of carboxylic acid groups (broad SMARTS) is 1. The number of aromatic nitrogens is 1. The molecule has 1 aromatic carbocycles. The number of carbonyl (C=O) groups is 4. The molecule has 0 spiro atoms. The van der Waals surface area contributed by atoms with Gasteiger partial charge >= 0.3 is 5.97 Å². The summed E-state index contributed by atoms with van der Waals surface area (Å²) in [6.45, 7) is -0.185. The smallest absolute Gasteiger partial charge is 0.303 e. The highest BCUT2D eigenvalue weighted by molar-refractivity contribution is 6.45. The molecule has 9 nitrogen and oxygen atoms in total. The first-order chi connectivity index (χ1) is 18.4. The van der Waals surface area contributed by atoms with Gasteiger partial charge in [0.25, 0.3) is 11.7 Å². The number of H-pyrrole nitrogens is 1. The lowest BCUT2D eigenvalue weighted by atomic mass is 9.88. The van der Waals surface area contributed by atoms with Crippen molar-refractivity contribution in [2.45, 2.75) is 89.1 Å². The summed E-state index contributed by atoms with van der Waals surface area (Å²) in [6, 6.07) is 5.51. The largest absolute Gasteiger partial charge is 0.497 e. The fourth-order valence-electron chi connectivity index (χ4n) is 6.02. The molecular weight excluding hydrogens is 486 g/mol. The molecule has 0 aliphatic heterocycles. The zero-order chi connectivity index (χ0) is 27.1. The lowest BCUT2D eigenvalue weighted by molar-refractivity contribution is -0.143. The number of nitrogens with one attached hydrogen (secondary N) is 1. The van der Waals surface area contributed by atoms with Crippen LogP contribution in [0, 0.1) is 0 Å². The van der Waals surface area contributed by atoms with Crippen molar-refractivity contribution >= 4 is 34.5 Å². The van der Waals surface area contributed by atoms with Crippen molar-refractivity contribution in [2.24, 2.45) is 0 Å². The first-order valence-corrected chi connectivity index (χ1v) is 13.9. The normalized spacial score (nSPS) is 16.8. The minimum atomic E-state index is -0.980. The molecule has 0 unspecified atom stereocenters. The Kier molecular flexibility index (Phi) is 9.42. The Hall–Kier alpha value is -3.36. The van der Waals surface area contributed by atoms with Crippen molar-refractivity contribution < 1.29 is 29.0 Å². The molecule has 2 aliphatic rings. The van der Waals surface area contributed by atoms with Gasteiger partial charge in [0.1, 0.15) is 12.3 Å². The summed E-state index contributed by atoms with van der Waals surface area (Å²) in [6.07, 6.45) is 12.1. The second kappa shape index (κ2) is 12.9. The SMILES string of the molecule is COc1ccc2c(C(=O)C(=O)N(CCCC(=O)O)CC(=O)N(C3CCCCC3)C3CCCCC3)c[nH]c2c1. The van der Waals surface area contributed by atoms with E-state index in [9.17, 15) is 19.2 Å². The number of methoxy groups -OCH3 is 1. The molecule has 2 amide bonds. The fraction of sp³-hybridized carbons (Fsp3) is 0.586. The number of hydrogen-bond acceptors (Lipinski definition) is 5. The van der Waals surface area contributed by atoms with E-state index >= 15 is 0 Å². The topological polar surface area (TPSA) is 120 Å². The number of Topliss-reactive ketones (excluding diaryl/α,β-unsaturated/α-hetero) is 1. The van der Waals surface area contributed by atoms with Crippen LogP contribution in [-0.2, 0) is 14.4 Å². The molecule has 2 saturated carbocycles. The van der Waals surface area contributed by atoms with Crippen LogP contribution in [0.25, 0.3) is 10.9 Å². The molecule has 2 N–H and O–H groups in total. The number of nitrogens with zero attached hydrogens (tertiary/aromatic N) is 2. The van der Waals surface area contributed by atoms with Gasteiger partial charge in [0.15, 0.2) is 0 Å². The average Bonchev–Trinajstić information content (AvgIpc) is 3.36. The van der Waals surface area contributed by atoms with E-state index in [1.807, 2.05) is 4.90 Å². The van der Waals surface area contributed by atoms with Gasteiger partial charge in [0.2, 0.25) is 5.91 Å². The number of carbonyl (C=O) groups excluding carboxylic acids is 3. The van der Waals surface area contributed by atoms with E-state index in [1.165, 1.54) is 23.9 Å². The number of fused-ring (bicyclic) bond motifs is 1. The highest BCUT2D eigenvalue weighted by Crippen LogP contribution is 2.31. The Balaban J connectivity index is 1.56. The second-order valence-electron chi connectivity index (χ2n) is 10.6. The number of hydrogen-bond donors (Lipinski definition) is 2. The monoisotopic (exact) mass is 525 g/mol. The first kappa shape index (κ1) is 27.7. The van der Waals surface area contributed by atoms with Crippen molar-refractivity contribution in [2.75, 3.05) is 20.2 Å². The molecular formula is C29H39N3O6. The van der Waals surface area contributed by atoms with Gasteiger partial charge in [-0.3, -0.25) is 19.2 Å². The first-order valence-electron chi connectivity index (χ1n) is 13.9. The van der Waals surface area contributed by atoms with Gasteiger partial charge in [-0.1, -0.05) is 38.5 Å². The predicted octanol–water partition coefficient (Wildman–Crippen LogP) is 4.55. The van der Waals surface area contributed by atoms with Gasteiger partial charge in [0.05, 0.1) is 12.7 Å². The van der Waals surface area contributed by atoms with Gasteiger partial charge in [-0.25, -0.2) is 0 Å². The zero-order valence-corrected chi connectivity index (χ0v) is 22.2. The molecule has 4 rings (SSSR count). The number of ketones is 1. The molecule has 2 aromatic rings. The molecule has 206 valence electrons. The summed E-state index contributed by atoms with van der Waals surface area (Å²) in [7, 11) is 1.55. The van der Waals surface area contributed by atoms with Gasteiger partial charge in [-0.05, 0) is 44.2 Å². The zero-order valence-electron chi connectivity index (χ0n) is 22.2. The third kappa shape index (κ3) is 6.55. The molecule has 0 radical (unpaired) electrons. The van der Waals surface area contributed by atoms with Crippen LogP contribution in [0.2, 0.25) is 0 Å². The molecule has 0 bridgehead atoms. The molecule has 2 fully saturated rings. The number of ether oxygens (including phenoxy) is 1. The molecule has 38 heavy (non-hydrogen) atoms. The molecule has 1 aromatic heterocycles. The van der Waals surface area contributed by atoms with Crippen molar-refractivity contribution in [1.29, 1.82) is 0 Å². The average molecular weight is 526 g/mol. The maximum Gasteiger partial charge on any atom is 0.303 e. The Morgan fingerprint density at radius 2 is 1.61 bits per heavy atom. The Labute approximate surface area is 223 Å². The van der Waals surface area contributed by atoms with Crippen LogP contribution in [-0.4, -0.2) is 75.7 Å². The number of benzene rings is 1. The molecule has 1 heterocycles. The van der Waals surface area contributed by atoms with E-state index in [1.54, 1.807) is 25.3 Å². The highest BCUT2D eigenvalue weighted by Gasteiger charge is 2.35. The van der Waals surface area contributed by atoms with Crippen LogP contribution in [0.4, 0.5) is 0 Å². The van der Waals surface area contributed by atoms with E-state index in [0.717, 1.165) is 51.4 Å². The molecule has 0 saturated heterocycles. The van der Waals surface area contributed by atoms with Crippen molar-refractivity contribution in [1.82, 2.24) is 14.8 Å². The van der Waals surface area contributed by atoms with Gasteiger partial charge in [-0.15, -0.1) is 0 Å². The summed E-state index contributed by atoms with van der Waals surface area (Å²) >= 11 is 0. The lowest BCUT2D eigenvalue weighted by Crippen LogP contribution is -2.53. The number of carboxylic acids is 1. The van der Waals surface area contributed by atoms with Crippen LogP contribution in [0.3, 0.4) is 0 Å². The Bertz CT molecular complexity index is 1130. The number of amides is 2. The van der Waals surface area contributed by atoms with Crippen LogP contribution in [0.15, 0.2) is 24.4 Å². The van der Waals surface area contributed by atoms with E-state index < -0.39 is 17.7 Å². The van der Waals surface area contributed by atoms with E-state index in [4.69, 9.17) is 9.84 Å². The number of aliphatic carboxylic acids is 1. The van der Waals surface area contributed by atoms with Crippen LogP contribution < -0.4 is 4.74 Å². The van der Waals surface area contributed by atoms with Crippen molar-refractivity contribution in [3.63, 3.8) is 0 Å². The maximum atomic E-state index is 13.8. The van der Waals surface area contributed by atoms with E-state index in [0.29, 0.717) is 16.7 Å². The summed E-state index contributed by atoms with van der Waals surface area (Å²) in [5.74, 6) is -1.99. The Morgan fingerprint density at radius 3 is 2.18 bits per heavy atom. The van der Waals surface area contributed by atoms with Crippen LogP contribution in [0.1, 0.15) is 87.4 Å². The van der Waals surface area contributed by atoms with Gasteiger partial charge in [-0.2, -0.15) is 0 Å². The fourth-order valence-corrected chi connectivity index (χ4v) is 6.02. The minimum Gasteiger partial charge on any atom is -0.497 e. The van der Waals surface area contributed by atoms with Gasteiger partial charge in [0, 0.05) is 48.2 Å². The van der Waals surface area contributed by atoms with Crippen molar-refractivity contribution in [3.05, 3.63) is 30.0 Å². The highest BCUT2D eigenvalue weighted by atomic mass is 16.5. The lowest BCUT2D eigenvalue weighted by Gasteiger charge is -2.42. The summed E-state index contributed by atoms with van der Waals surface area (Å²) in [4.78, 5) is 58.2. The quantitative estimate of drug-likeness (QED) is 0.328. The van der Waals surface area contributed by atoms with Crippen molar-refractivity contribution in [3.8, 4) is 5.75 Å². The predicted molar refractivity (Wildman–Crippen MR) is 143 cm³/mol. The van der Waals surface area contributed by atoms with Crippen LogP contribution in [0.5, 0.6) is 5.75 Å². The summed E-state index contributed by atoms with van der Waals surface area (Å²) in [5, 5.41) is 9.73. The van der Waals surface area contributed by atoms with E-state index in [2.05, 4.69) is 4.98 Å². The Morgan fingerprint density at radius 1 is 0.974 bits per heavy atom. The minimum absolute atomic E-state index is 0.0297. The molecule has 0 atom stereocenters. The number of aromatic amines is 1. The molecule has 2 aliphatic carbocycles. The van der Waals surface area contributed by atoms with Crippen LogP contribution >= 0.6 is 0 Å². The third-order valence-corrected chi connectivity index (χ3v) is 7.98. The van der Waals surface area contributed by atoms with E-state index in [-0.39, 0.29) is 49.5 Å². The molecule has 9 heteroatoms. The van der Waals surface area contributed by atoms with Gasteiger partial charge < -0.3 is 24.6 Å². The number of rotatable bonds is 11. The second-order valence-corrected chi connectivity index (χ2v) is 10.6. The third-order valence-electron chi connectivity index (χ3n) is 7.98. The maximum absolute atomic E-state index is 13.8.